The lowest BCUT2D eigenvalue weighted by molar-refractivity contribution is 0.262. The Hall–Kier alpha value is -4.71. The minimum atomic E-state index is -3.39. The van der Waals surface area contributed by atoms with E-state index in [0.29, 0.717) is 45.2 Å². The molecule has 42 heavy (non-hydrogen) atoms. The van der Waals surface area contributed by atoms with E-state index >= 15 is 0 Å². The van der Waals surface area contributed by atoms with Crippen molar-refractivity contribution < 1.29 is 17.7 Å². The number of nitrogen functional groups attached to an aromatic ring is 1. The third-order valence-electron chi connectivity index (χ3n) is 6.52. The van der Waals surface area contributed by atoms with Crippen LogP contribution in [0.3, 0.4) is 0 Å². The molecule has 0 atom stereocenters. The van der Waals surface area contributed by atoms with E-state index in [1.165, 1.54) is 0 Å². The van der Waals surface area contributed by atoms with E-state index in [1.807, 2.05) is 46.8 Å². The van der Waals surface area contributed by atoms with Gasteiger partial charge >= 0.3 is 6.03 Å². The van der Waals surface area contributed by atoms with E-state index in [-0.39, 0.29) is 22.0 Å². The number of nitrogens with one attached hydrogen (secondary N) is 2. The van der Waals surface area contributed by atoms with Crippen LogP contribution in [-0.2, 0) is 15.3 Å². The molecule has 0 fully saturated rings. The Balaban J connectivity index is 1.39. The number of fused-ring (bicyclic) bond motifs is 1. The number of carbonyl (C=O) groups excluding carboxylic acids is 1. The number of pyridine rings is 1. The summed E-state index contributed by atoms with van der Waals surface area (Å²) in [4.78, 5) is 17.0. The summed E-state index contributed by atoms with van der Waals surface area (Å²) in [6, 6.07) is 15.0. The fraction of sp³-hybridized carbons (Fsp3) is 0.267. The zero-order valence-corrected chi connectivity index (χ0v) is 24.9. The SMILES string of the molecule is CC(C)CS(=O)(=O)c1ccc(-c2nn(-c3ccc(NC(=O)Nc4cc(C(C)(C)C)on4)cc3)c3cncc(N)c23)cc1. The van der Waals surface area contributed by atoms with E-state index < -0.39 is 15.9 Å². The van der Waals surface area contributed by atoms with E-state index in [2.05, 4.69) is 20.8 Å². The second kappa shape index (κ2) is 10.9. The number of aromatic nitrogens is 4. The Morgan fingerprint density at radius 2 is 1.71 bits per heavy atom. The third-order valence-corrected chi connectivity index (χ3v) is 8.62. The Morgan fingerprint density at radius 3 is 2.33 bits per heavy atom. The van der Waals surface area contributed by atoms with Gasteiger partial charge in [0.25, 0.3) is 0 Å². The first kappa shape index (κ1) is 28.8. The minimum absolute atomic E-state index is 0.0210. The van der Waals surface area contributed by atoms with Crippen LogP contribution in [0.4, 0.5) is 22.0 Å². The number of benzene rings is 2. The summed E-state index contributed by atoms with van der Waals surface area (Å²) in [6.45, 7) is 9.73. The second-order valence-corrected chi connectivity index (χ2v) is 13.6. The zero-order valence-electron chi connectivity index (χ0n) is 24.0. The predicted octanol–water partition coefficient (Wildman–Crippen LogP) is 6.03. The quantitative estimate of drug-likeness (QED) is 0.208. The highest BCUT2D eigenvalue weighted by molar-refractivity contribution is 7.91. The van der Waals surface area contributed by atoms with Crippen LogP contribution in [0.25, 0.3) is 27.8 Å². The second-order valence-electron chi connectivity index (χ2n) is 11.5. The first-order valence-corrected chi connectivity index (χ1v) is 15.1. The van der Waals surface area contributed by atoms with Gasteiger partial charge in [0.2, 0.25) is 0 Å². The molecular formula is C30H33N7O4S. The Bertz CT molecular complexity index is 1850. The van der Waals surface area contributed by atoms with Gasteiger partial charge in [0, 0.05) is 22.7 Å². The minimum Gasteiger partial charge on any atom is -0.397 e. The van der Waals surface area contributed by atoms with Crippen molar-refractivity contribution in [2.45, 2.75) is 44.9 Å². The van der Waals surface area contributed by atoms with Crippen LogP contribution in [0.15, 0.2) is 76.4 Å². The molecule has 4 N–H and O–H groups in total. The van der Waals surface area contributed by atoms with Crippen LogP contribution in [0.5, 0.6) is 0 Å². The molecule has 0 saturated heterocycles. The molecule has 218 valence electrons. The van der Waals surface area contributed by atoms with Gasteiger partial charge in [-0.2, -0.15) is 5.10 Å². The molecular weight excluding hydrogens is 554 g/mol. The lowest BCUT2D eigenvalue weighted by atomic mass is 9.93. The summed E-state index contributed by atoms with van der Waals surface area (Å²) in [5, 5.41) is 14.9. The van der Waals surface area contributed by atoms with Gasteiger partial charge in [0.15, 0.2) is 15.7 Å². The van der Waals surface area contributed by atoms with Crippen molar-refractivity contribution in [1.82, 2.24) is 19.9 Å². The highest BCUT2D eigenvalue weighted by Crippen LogP contribution is 2.34. The fourth-order valence-corrected chi connectivity index (χ4v) is 6.11. The molecule has 0 aliphatic heterocycles. The number of rotatable bonds is 7. The average molecular weight is 588 g/mol. The standard InChI is InChI=1S/C30H33N7O4S/c1-18(2)17-42(39,40)22-12-6-19(7-13-22)28-27-23(31)15-32-16-24(27)37(35-28)21-10-8-20(9-11-21)33-29(38)34-26-14-25(41-36-26)30(3,4)5/h6-16,18H,17,31H2,1-5H3,(H2,33,34,36,38). The lowest BCUT2D eigenvalue weighted by Crippen LogP contribution is -2.19. The van der Waals surface area contributed by atoms with Crippen LogP contribution >= 0.6 is 0 Å². The smallest absolute Gasteiger partial charge is 0.324 e. The summed E-state index contributed by atoms with van der Waals surface area (Å²) in [5.41, 5.74) is 9.82. The molecule has 3 aromatic heterocycles. The Kier molecular flexibility index (Phi) is 7.50. The molecule has 0 saturated carbocycles. The van der Waals surface area contributed by atoms with Crippen molar-refractivity contribution in [3.05, 3.63) is 72.8 Å². The molecule has 2 aromatic carbocycles. The van der Waals surface area contributed by atoms with Gasteiger partial charge in [-0.25, -0.2) is 17.9 Å². The predicted molar refractivity (Wildman–Crippen MR) is 163 cm³/mol. The maximum atomic E-state index is 12.7. The van der Waals surface area contributed by atoms with Crippen LogP contribution in [0.2, 0.25) is 0 Å². The molecule has 0 unspecified atom stereocenters. The molecule has 11 nitrogen and oxygen atoms in total. The number of nitrogens with two attached hydrogens (primary N) is 1. The molecule has 2 amide bonds. The van der Waals surface area contributed by atoms with Gasteiger partial charge in [-0.15, -0.1) is 0 Å². The number of sulfone groups is 1. The van der Waals surface area contributed by atoms with E-state index in [0.717, 1.165) is 5.56 Å². The Morgan fingerprint density at radius 1 is 1.02 bits per heavy atom. The van der Waals surface area contributed by atoms with E-state index in [4.69, 9.17) is 15.4 Å². The molecule has 0 spiro atoms. The Labute approximate surface area is 244 Å². The first-order valence-electron chi connectivity index (χ1n) is 13.4. The molecule has 0 aliphatic carbocycles. The number of amides is 2. The molecule has 0 radical (unpaired) electrons. The number of nitrogens with zero attached hydrogens (tertiary/aromatic N) is 4. The number of carbonyl (C=O) groups is 1. The van der Waals surface area contributed by atoms with Gasteiger partial charge in [0.05, 0.1) is 45.3 Å². The molecule has 12 heteroatoms. The molecule has 5 aromatic rings. The van der Waals surface area contributed by atoms with Crippen molar-refractivity contribution >= 4 is 44.0 Å². The average Bonchev–Trinajstić information content (AvgIpc) is 3.55. The van der Waals surface area contributed by atoms with Crippen molar-refractivity contribution in [1.29, 1.82) is 0 Å². The first-order chi connectivity index (χ1) is 19.8. The third kappa shape index (κ3) is 5.98. The van der Waals surface area contributed by atoms with Gasteiger partial charge in [-0.05, 0) is 42.3 Å². The molecule has 0 aliphatic rings. The monoisotopic (exact) mass is 587 g/mol. The van der Waals surface area contributed by atoms with Crippen LogP contribution in [-0.4, -0.2) is 40.1 Å². The summed E-state index contributed by atoms with van der Waals surface area (Å²) in [6.07, 6.45) is 3.23. The van der Waals surface area contributed by atoms with E-state index in [1.54, 1.807) is 59.5 Å². The number of anilines is 3. The van der Waals surface area contributed by atoms with Crippen molar-refractivity contribution in [2.24, 2.45) is 5.92 Å². The molecule has 0 bridgehead atoms. The molecule has 3 heterocycles. The van der Waals surface area contributed by atoms with Gasteiger partial charge in [-0.3, -0.25) is 10.3 Å². The van der Waals surface area contributed by atoms with E-state index in [9.17, 15) is 13.2 Å². The summed E-state index contributed by atoms with van der Waals surface area (Å²) < 4.78 is 32.4. The van der Waals surface area contributed by atoms with Crippen LogP contribution < -0.4 is 16.4 Å². The maximum Gasteiger partial charge on any atom is 0.324 e. The normalized spacial score (nSPS) is 12.1. The number of hydrogen-bond donors (Lipinski definition) is 3. The largest absolute Gasteiger partial charge is 0.397 e. The van der Waals surface area contributed by atoms with Crippen LogP contribution in [0, 0.1) is 5.92 Å². The summed E-state index contributed by atoms with van der Waals surface area (Å²) in [7, 11) is -3.39. The summed E-state index contributed by atoms with van der Waals surface area (Å²) >= 11 is 0. The highest BCUT2D eigenvalue weighted by atomic mass is 32.2. The highest BCUT2D eigenvalue weighted by Gasteiger charge is 2.21. The molecule has 5 rings (SSSR count). The zero-order chi connectivity index (χ0) is 30.2. The maximum absolute atomic E-state index is 12.7. The fourth-order valence-electron chi connectivity index (χ4n) is 4.49. The topological polar surface area (TPSA) is 158 Å². The van der Waals surface area contributed by atoms with Gasteiger partial charge < -0.3 is 15.6 Å². The van der Waals surface area contributed by atoms with Crippen molar-refractivity contribution in [2.75, 3.05) is 22.1 Å². The van der Waals surface area contributed by atoms with Gasteiger partial charge in [0.1, 0.15) is 11.5 Å². The lowest BCUT2D eigenvalue weighted by Gasteiger charge is -2.12. The number of hydrogen-bond acceptors (Lipinski definition) is 8. The van der Waals surface area contributed by atoms with Crippen molar-refractivity contribution in [3.8, 4) is 16.9 Å². The van der Waals surface area contributed by atoms with Gasteiger partial charge in [-0.1, -0.05) is 51.9 Å². The number of urea groups is 1. The van der Waals surface area contributed by atoms with Crippen LogP contribution in [0.1, 0.15) is 40.4 Å². The van der Waals surface area contributed by atoms with Crippen molar-refractivity contribution in [3.63, 3.8) is 0 Å². The summed E-state index contributed by atoms with van der Waals surface area (Å²) in [5.74, 6) is 1.08.